The van der Waals surface area contributed by atoms with Crippen LogP contribution in [0.4, 0.5) is 10.5 Å². The van der Waals surface area contributed by atoms with Gasteiger partial charge in [0.2, 0.25) is 6.41 Å². The summed E-state index contributed by atoms with van der Waals surface area (Å²) >= 11 is 1.11. The standard InChI is InChI=1S/C25H28N4O3S/c1-5-26-23(19-10-6-7-11-21(19)32-4)28-14-8-9-17-15-18(12-13-20(17)28)22-25(2,3)33-24(31)29(16-30)27-22/h6-7,10-13,15-16H,5,8-9,14H2,1-4H3. The highest BCUT2D eigenvalue weighted by atomic mass is 32.2. The molecule has 0 aromatic heterocycles. The third-order valence-electron chi connectivity index (χ3n) is 5.79. The molecule has 2 heterocycles. The normalized spacial score (nSPS) is 18.0. The highest BCUT2D eigenvalue weighted by Gasteiger charge is 2.38. The maximum Gasteiger partial charge on any atom is 0.309 e. The quantitative estimate of drug-likeness (QED) is 0.364. The van der Waals surface area contributed by atoms with Crippen LogP contribution in [-0.2, 0) is 11.2 Å². The minimum atomic E-state index is -0.536. The van der Waals surface area contributed by atoms with E-state index in [1.165, 1.54) is 5.56 Å². The molecule has 0 unspecified atom stereocenters. The van der Waals surface area contributed by atoms with Crippen molar-refractivity contribution in [3.8, 4) is 5.75 Å². The van der Waals surface area contributed by atoms with Crippen molar-refractivity contribution in [1.82, 2.24) is 5.01 Å². The van der Waals surface area contributed by atoms with Crippen molar-refractivity contribution >= 4 is 40.6 Å². The van der Waals surface area contributed by atoms with E-state index in [9.17, 15) is 9.59 Å². The number of aliphatic imine (C=N–C) groups is 1. The molecular formula is C25H28N4O3S. The SMILES string of the molecule is CCN=C(c1ccccc1OC)N1CCCc2cc(C3=NN(C=O)C(=O)SC3(C)C)ccc21. The number of hydrogen-bond donors (Lipinski definition) is 0. The number of hydrogen-bond acceptors (Lipinski definition) is 6. The molecule has 0 atom stereocenters. The number of amides is 2. The van der Waals surface area contributed by atoms with E-state index in [0.717, 1.165) is 64.6 Å². The van der Waals surface area contributed by atoms with Crippen molar-refractivity contribution in [2.24, 2.45) is 10.1 Å². The Bertz CT molecular complexity index is 1140. The molecule has 2 amide bonds. The highest BCUT2D eigenvalue weighted by molar-refractivity contribution is 8.15. The lowest BCUT2D eigenvalue weighted by atomic mass is 9.93. The molecule has 0 spiro atoms. The molecule has 172 valence electrons. The molecule has 0 bridgehead atoms. The number of anilines is 1. The van der Waals surface area contributed by atoms with Crippen molar-refractivity contribution in [1.29, 1.82) is 0 Å². The van der Waals surface area contributed by atoms with E-state index in [4.69, 9.17) is 9.73 Å². The van der Waals surface area contributed by atoms with Crippen molar-refractivity contribution in [2.45, 2.75) is 38.4 Å². The number of carbonyl (C=O) groups is 2. The average molecular weight is 465 g/mol. The van der Waals surface area contributed by atoms with Gasteiger partial charge in [0, 0.05) is 18.8 Å². The Labute approximate surface area is 198 Å². The fraction of sp³-hybridized carbons (Fsp3) is 0.360. The van der Waals surface area contributed by atoms with Crippen molar-refractivity contribution in [3.63, 3.8) is 0 Å². The Morgan fingerprint density at radius 3 is 2.79 bits per heavy atom. The van der Waals surface area contributed by atoms with Crippen LogP contribution in [0.5, 0.6) is 5.75 Å². The van der Waals surface area contributed by atoms with Crippen LogP contribution in [0.2, 0.25) is 0 Å². The van der Waals surface area contributed by atoms with Gasteiger partial charge in [-0.25, -0.2) is 0 Å². The van der Waals surface area contributed by atoms with E-state index in [1.807, 2.05) is 51.1 Å². The van der Waals surface area contributed by atoms with Crippen molar-refractivity contribution in [3.05, 3.63) is 59.2 Å². The first-order chi connectivity index (χ1) is 15.9. The third kappa shape index (κ3) is 4.39. The molecule has 0 fully saturated rings. The lowest BCUT2D eigenvalue weighted by molar-refractivity contribution is -0.115. The van der Waals surface area contributed by atoms with Crippen LogP contribution < -0.4 is 9.64 Å². The summed E-state index contributed by atoms with van der Waals surface area (Å²) in [4.78, 5) is 30.5. The Morgan fingerprint density at radius 2 is 2.06 bits per heavy atom. The van der Waals surface area contributed by atoms with Crippen LogP contribution in [0.25, 0.3) is 0 Å². The fourth-order valence-corrected chi connectivity index (χ4v) is 5.18. The van der Waals surface area contributed by atoms with E-state index < -0.39 is 4.75 Å². The zero-order valence-corrected chi connectivity index (χ0v) is 20.2. The van der Waals surface area contributed by atoms with Crippen molar-refractivity contribution < 1.29 is 14.3 Å². The molecule has 0 aliphatic carbocycles. The first kappa shape index (κ1) is 23.0. The maximum atomic E-state index is 12.1. The summed E-state index contributed by atoms with van der Waals surface area (Å²) in [6.07, 6.45) is 2.38. The number of ether oxygens (including phenoxy) is 1. The number of thioether (sulfide) groups is 1. The Balaban J connectivity index is 1.77. The number of fused-ring (bicyclic) bond motifs is 1. The van der Waals surface area contributed by atoms with Gasteiger partial charge in [-0.2, -0.15) is 10.1 Å². The van der Waals surface area contributed by atoms with Gasteiger partial charge in [-0.05, 0) is 80.8 Å². The van der Waals surface area contributed by atoms with Gasteiger partial charge in [0.15, 0.2) is 0 Å². The average Bonchev–Trinajstić information content (AvgIpc) is 2.81. The van der Waals surface area contributed by atoms with Crippen LogP contribution >= 0.6 is 11.8 Å². The van der Waals surface area contributed by atoms with E-state index >= 15 is 0 Å². The van der Waals surface area contributed by atoms with E-state index in [0.29, 0.717) is 18.7 Å². The number of benzene rings is 2. The molecule has 2 aromatic rings. The molecule has 0 saturated carbocycles. The summed E-state index contributed by atoms with van der Waals surface area (Å²) in [5.74, 6) is 1.69. The van der Waals surface area contributed by atoms with Crippen LogP contribution in [0.3, 0.4) is 0 Å². The first-order valence-electron chi connectivity index (χ1n) is 11.0. The van der Waals surface area contributed by atoms with Gasteiger partial charge in [-0.15, -0.1) is 0 Å². The van der Waals surface area contributed by atoms with Crippen molar-refractivity contribution in [2.75, 3.05) is 25.1 Å². The maximum absolute atomic E-state index is 12.1. The number of methoxy groups -OCH3 is 1. The summed E-state index contributed by atoms with van der Waals surface area (Å²) in [6, 6.07) is 14.2. The number of aryl methyl sites for hydroxylation is 1. The second-order valence-corrected chi connectivity index (χ2v) is 9.95. The predicted octanol–water partition coefficient (Wildman–Crippen LogP) is 4.72. The number of hydrazone groups is 1. The number of amidine groups is 1. The van der Waals surface area contributed by atoms with E-state index in [2.05, 4.69) is 22.1 Å². The molecule has 0 N–H and O–H groups in total. The first-order valence-corrected chi connectivity index (χ1v) is 11.9. The molecular weight excluding hydrogens is 436 g/mol. The van der Waals surface area contributed by atoms with Crippen LogP contribution in [0, 0.1) is 0 Å². The summed E-state index contributed by atoms with van der Waals surface area (Å²) in [7, 11) is 1.68. The molecule has 4 rings (SSSR count). The molecule has 7 nitrogen and oxygen atoms in total. The van der Waals surface area contributed by atoms with Gasteiger partial charge in [0.25, 0.3) is 0 Å². The number of nitrogens with zero attached hydrogens (tertiary/aromatic N) is 4. The molecule has 2 aliphatic heterocycles. The molecule has 8 heteroatoms. The van der Waals surface area contributed by atoms with E-state index in [1.54, 1.807) is 7.11 Å². The topological polar surface area (TPSA) is 74.6 Å². The molecule has 2 aliphatic rings. The van der Waals surface area contributed by atoms with Gasteiger partial charge in [0.05, 0.1) is 23.1 Å². The molecule has 0 radical (unpaired) electrons. The molecule has 2 aromatic carbocycles. The minimum absolute atomic E-state index is 0.361. The van der Waals surface area contributed by atoms with Gasteiger partial charge in [-0.3, -0.25) is 14.6 Å². The zero-order valence-electron chi connectivity index (χ0n) is 19.4. The molecule has 33 heavy (non-hydrogen) atoms. The fourth-order valence-electron chi connectivity index (χ4n) is 4.31. The van der Waals surface area contributed by atoms with Crippen LogP contribution in [0.1, 0.15) is 43.9 Å². The van der Waals surface area contributed by atoms with E-state index in [-0.39, 0.29) is 5.24 Å². The Kier molecular flexibility index (Phi) is 6.56. The second kappa shape index (κ2) is 9.39. The summed E-state index contributed by atoms with van der Waals surface area (Å²) in [5.41, 5.74) is 4.89. The summed E-state index contributed by atoms with van der Waals surface area (Å²) in [6.45, 7) is 7.46. The van der Waals surface area contributed by atoms with Crippen LogP contribution in [-0.4, -0.2) is 53.2 Å². The highest BCUT2D eigenvalue weighted by Crippen LogP contribution is 2.37. The monoisotopic (exact) mass is 464 g/mol. The molecule has 0 saturated heterocycles. The second-order valence-electron chi connectivity index (χ2n) is 8.37. The largest absolute Gasteiger partial charge is 0.496 e. The summed E-state index contributed by atoms with van der Waals surface area (Å²) < 4.78 is 5.08. The number of imide groups is 1. The van der Waals surface area contributed by atoms with Crippen LogP contribution in [0.15, 0.2) is 52.6 Å². The lowest BCUT2D eigenvalue weighted by Gasteiger charge is -2.35. The minimum Gasteiger partial charge on any atom is -0.496 e. The van der Waals surface area contributed by atoms with Gasteiger partial charge in [0.1, 0.15) is 11.6 Å². The van der Waals surface area contributed by atoms with Gasteiger partial charge in [-0.1, -0.05) is 18.2 Å². The van der Waals surface area contributed by atoms with Gasteiger partial charge < -0.3 is 9.64 Å². The number of rotatable bonds is 5. The summed E-state index contributed by atoms with van der Waals surface area (Å²) in [5, 5.41) is 4.88. The third-order valence-corrected chi connectivity index (χ3v) is 6.86. The lowest BCUT2D eigenvalue weighted by Crippen LogP contribution is -2.41. The number of carbonyl (C=O) groups excluding carboxylic acids is 2. The zero-order chi connectivity index (χ0) is 23.6. The Hall–Kier alpha value is -3.13. The predicted molar refractivity (Wildman–Crippen MR) is 134 cm³/mol. The smallest absolute Gasteiger partial charge is 0.309 e. The number of para-hydroxylation sites is 1. The van der Waals surface area contributed by atoms with Gasteiger partial charge >= 0.3 is 5.24 Å². The Morgan fingerprint density at radius 1 is 1.27 bits per heavy atom.